The highest BCUT2D eigenvalue weighted by atomic mass is 19.1. The summed E-state index contributed by atoms with van der Waals surface area (Å²) >= 11 is 0. The lowest BCUT2D eigenvalue weighted by Crippen LogP contribution is -2.44. The van der Waals surface area contributed by atoms with Crippen molar-refractivity contribution in [3.63, 3.8) is 0 Å². The standard InChI is InChI=1S/C27H20FN3O4/c1-35-26(33)18-7-3-5-9-21(18)31-25(32)22-14-19-17-6-2-4-8-20(17)29-23(19)24(30(22)27(31)34)15-10-12-16(28)13-11-15/h2-13,22,24,29H,14H2,1H3. The van der Waals surface area contributed by atoms with Gasteiger partial charge in [0.1, 0.15) is 17.9 Å². The lowest BCUT2D eigenvalue weighted by atomic mass is 9.89. The molecule has 3 amide bonds. The molecule has 1 aromatic heterocycles. The van der Waals surface area contributed by atoms with E-state index in [4.69, 9.17) is 4.74 Å². The van der Waals surface area contributed by atoms with Crippen molar-refractivity contribution in [2.24, 2.45) is 0 Å². The van der Waals surface area contributed by atoms with Crippen LogP contribution < -0.4 is 4.90 Å². The van der Waals surface area contributed by atoms with Gasteiger partial charge in [-0.15, -0.1) is 0 Å². The van der Waals surface area contributed by atoms with E-state index < -0.39 is 35.8 Å². The van der Waals surface area contributed by atoms with Crippen molar-refractivity contribution in [3.05, 3.63) is 101 Å². The van der Waals surface area contributed by atoms with Crippen LogP contribution >= 0.6 is 0 Å². The zero-order valence-corrected chi connectivity index (χ0v) is 18.7. The molecule has 1 saturated heterocycles. The number of imide groups is 1. The maximum absolute atomic E-state index is 13.9. The summed E-state index contributed by atoms with van der Waals surface area (Å²) in [6.45, 7) is 0. The molecule has 0 radical (unpaired) electrons. The number of amides is 3. The molecule has 3 heterocycles. The van der Waals surface area contributed by atoms with Crippen LogP contribution in [0.5, 0.6) is 0 Å². The smallest absolute Gasteiger partial charge is 0.339 e. The van der Waals surface area contributed by atoms with Gasteiger partial charge in [-0.25, -0.2) is 18.9 Å². The summed E-state index contributed by atoms with van der Waals surface area (Å²) in [4.78, 5) is 46.0. The van der Waals surface area contributed by atoms with Crippen LogP contribution in [0, 0.1) is 5.82 Å². The number of hydrogen-bond acceptors (Lipinski definition) is 4. The van der Waals surface area contributed by atoms with Gasteiger partial charge < -0.3 is 9.72 Å². The minimum absolute atomic E-state index is 0.124. The van der Waals surface area contributed by atoms with Crippen molar-refractivity contribution in [2.75, 3.05) is 12.0 Å². The van der Waals surface area contributed by atoms with Gasteiger partial charge in [-0.05, 0) is 41.5 Å². The molecule has 8 heteroatoms. The van der Waals surface area contributed by atoms with Gasteiger partial charge in [-0.1, -0.05) is 42.5 Å². The molecule has 2 atom stereocenters. The number of carbonyl (C=O) groups excluding carboxylic acids is 3. The fraction of sp³-hybridized carbons (Fsp3) is 0.148. The molecule has 174 valence electrons. The topological polar surface area (TPSA) is 82.7 Å². The minimum atomic E-state index is -0.782. The van der Waals surface area contributed by atoms with E-state index in [1.165, 1.54) is 30.2 Å². The Morgan fingerprint density at radius 2 is 1.71 bits per heavy atom. The van der Waals surface area contributed by atoms with Gasteiger partial charge >= 0.3 is 12.0 Å². The number of para-hydroxylation sites is 2. The molecule has 0 bridgehead atoms. The number of nitrogens with one attached hydrogen (secondary N) is 1. The van der Waals surface area contributed by atoms with Crippen LogP contribution in [0.4, 0.5) is 14.9 Å². The second-order valence-corrected chi connectivity index (χ2v) is 8.61. The number of urea groups is 1. The Balaban J connectivity index is 1.54. The number of esters is 1. The molecular weight excluding hydrogens is 449 g/mol. The Morgan fingerprint density at radius 1 is 1.00 bits per heavy atom. The number of methoxy groups -OCH3 is 1. The number of nitrogens with zero attached hydrogens (tertiary/aromatic N) is 2. The number of rotatable bonds is 3. The molecule has 6 rings (SSSR count). The first-order valence-electron chi connectivity index (χ1n) is 11.2. The lowest BCUT2D eigenvalue weighted by Gasteiger charge is -2.36. The number of benzene rings is 3. The van der Waals surface area contributed by atoms with Crippen LogP contribution in [-0.4, -0.2) is 40.9 Å². The van der Waals surface area contributed by atoms with Gasteiger partial charge in [-0.3, -0.25) is 9.69 Å². The third-order valence-electron chi connectivity index (χ3n) is 6.79. The van der Waals surface area contributed by atoms with E-state index in [0.717, 1.165) is 27.1 Å². The third-order valence-corrected chi connectivity index (χ3v) is 6.79. The summed E-state index contributed by atoms with van der Waals surface area (Å²) in [7, 11) is 1.25. The van der Waals surface area contributed by atoms with Gasteiger partial charge in [-0.2, -0.15) is 0 Å². The highest BCUT2D eigenvalue weighted by Crippen LogP contribution is 2.45. The van der Waals surface area contributed by atoms with Crippen molar-refractivity contribution in [1.29, 1.82) is 0 Å². The number of halogens is 1. The first kappa shape index (κ1) is 21.1. The zero-order chi connectivity index (χ0) is 24.3. The molecule has 3 aromatic carbocycles. The number of H-pyrrole nitrogens is 1. The molecule has 7 nitrogen and oxygen atoms in total. The fourth-order valence-corrected chi connectivity index (χ4v) is 5.24. The van der Waals surface area contributed by atoms with E-state index >= 15 is 0 Å². The normalized spacial score (nSPS) is 19.1. The van der Waals surface area contributed by atoms with Gasteiger partial charge in [0.15, 0.2) is 0 Å². The first-order valence-corrected chi connectivity index (χ1v) is 11.2. The fourth-order valence-electron chi connectivity index (χ4n) is 5.24. The Morgan fingerprint density at radius 3 is 2.49 bits per heavy atom. The van der Waals surface area contributed by atoms with Crippen molar-refractivity contribution in [3.8, 4) is 0 Å². The van der Waals surface area contributed by atoms with E-state index in [2.05, 4.69) is 4.98 Å². The van der Waals surface area contributed by atoms with Crippen molar-refractivity contribution in [1.82, 2.24) is 9.88 Å². The molecule has 0 aliphatic carbocycles. The monoisotopic (exact) mass is 469 g/mol. The van der Waals surface area contributed by atoms with Crippen LogP contribution in [-0.2, 0) is 16.0 Å². The summed E-state index contributed by atoms with van der Waals surface area (Å²) in [6, 6.07) is 18.1. The summed E-state index contributed by atoms with van der Waals surface area (Å²) in [5.74, 6) is -1.46. The number of fused-ring (bicyclic) bond motifs is 4. The van der Waals surface area contributed by atoms with Crippen molar-refractivity contribution >= 4 is 34.5 Å². The molecule has 2 aliphatic rings. The molecule has 4 aromatic rings. The number of ether oxygens (including phenoxy) is 1. The second kappa shape index (κ2) is 7.80. The molecule has 1 fully saturated rings. The highest BCUT2D eigenvalue weighted by molar-refractivity contribution is 6.23. The molecule has 0 saturated carbocycles. The van der Waals surface area contributed by atoms with E-state index in [1.54, 1.807) is 30.3 Å². The molecule has 2 aliphatic heterocycles. The number of aromatic amines is 1. The summed E-state index contributed by atoms with van der Waals surface area (Å²) < 4.78 is 18.6. The molecule has 0 spiro atoms. The Bertz CT molecular complexity index is 1510. The van der Waals surface area contributed by atoms with Crippen LogP contribution in [0.3, 0.4) is 0 Å². The van der Waals surface area contributed by atoms with E-state index in [1.807, 2.05) is 24.3 Å². The average Bonchev–Trinajstić information content (AvgIpc) is 3.37. The van der Waals surface area contributed by atoms with Gasteiger partial charge in [0.25, 0.3) is 5.91 Å². The Kier molecular flexibility index (Phi) is 4.70. The summed E-state index contributed by atoms with van der Waals surface area (Å²) in [5.41, 5.74) is 3.61. The highest BCUT2D eigenvalue weighted by Gasteiger charge is 2.53. The van der Waals surface area contributed by atoms with Crippen molar-refractivity contribution < 1.29 is 23.5 Å². The number of carbonyl (C=O) groups is 3. The maximum atomic E-state index is 13.9. The van der Waals surface area contributed by atoms with Crippen LogP contribution in [0.15, 0.2) is 72.8 Å². The molecular formula is C27H20FN3O4. The second-order valence-electron chi connectivity index (χ2n) is 8.61. The van der Waals surface area contributed by atoms with Crippen molar-refractivity contribution in [2.45, 2.75) is 18.5 Å². The van der Waals surface area contributed by atoms with E-state index in [-0.39, 0.29) is 11.3 Å². The van der Waals surface area contributed by atoms with Crippen LogP contribution in [0.25, 0.3) is 10.9 Å². The Hall–Kier alpha value is -4.46. The first-order chi connectivity index (χ1) is 17.0. The van der Waals surface area contributed by atoms with Crippen LogP contribution in [0.1, 0.15) is 33.2 Å². The third kappa shape index (κ3) is 3.06. The van der Waals surface area contributed by atoms with Gasteiger partial charge in [0.2, 0.25) is 0 Å². The minimum Gasteiger partial charge on any atom is -0.465 e. The number of anilines is 1. The van der Waals surface area contributed by atoms with E-state index in [0.29, 0.717) is 12.0 Å². The number of aromatic nitrogens is 1. The predicted octanol–water partition coefficient (Wildman–Crippen LogP) is 4.58. The molecule has 1 N–H and O–H groups in total. The van der Waals surface area contributed by atoms with Crippen LogP contribution in [0.2, 0.25) is 0 Å². The largest absolute Gasteiger partial charge is 0.465 e. The van der Waals surface area contributed by atoms with Gasteiger partial charge in [0.05, 0.1) is 18.4 Å². The lowest BCUT2D eigenvalue weighted by molar-refractivity contribution is -0.120. The Labute approximate surface area is 199 Å². The maximum Gasteiger partial charge on any atom is 0.339 e. The SMILES string of the molecule is COC(=O)c1ccccc1N1C(=O)C2Cc3c([nH]c4ccccc34)C(c3ccc(F)cc3)N2C1=O. The summed E-state index contributed by atoms with van der Waals surface area (Å²) in [6.07, 6.45) is 0.318. The predicted molar refractivity (Wildman–Crippen MR) is 127 cm³/mol. The molecule has 35 heavy (non-hydrogen) atoms. The quantitative estimate of drug-likeness (QED) is 0.352. The number of hydrogen-bond donors (Lipinski definition) is 1. The average molecular weight is 469 g/mol. The van der Waals surface area contributed by atoms with E-state index in [9.17, 15) is 18.8 Å². The zero-order valence-electron chi connectivity index (χ0n) is 18.7. The van der Waals surface area contributed by atoms with Gasteiger partial charge in [0, 0.05) is 23.0 Å². The summed E-state index contributed by atoms with van der Waals surface area (Å²) in [5, 5.41) is 0.975. The molecule has 2 unspecified atom stereocenters.